The smallest absolute Gasteiger partial charge is 0.260 e. The highest BCUT2D eigenvalue weighted by Crippen LogP contribution is 2.24. The van der Waals surface area contributed by atoms with Gasteiger partial charge < -0.3 is 9.64 Å². The lowest BCUT2D eigenvalue weighted by Gasteiger charge is -2.32. The minimum absolute atomic E-state index is 0.0300. The first-order valence-electron chi connectivity index (χ1n) is 10.2. The molecule has 0 saturated carbocycles. The van der Waals surface area contributed by atoms with Crippen molar-refractivity contribution in [3.05, 3.63) is 59.7 Å². The van der Waals surface area contributed by atoms with Crippen molar-refractivity contribution in [2.75, 3.05) is 33.8 Å². The van der Waals surface area contributed by atoms with Gasteiger partial charge in [-0.05, 0) is 61.4 Å². The average molecular weight is 431 g/mol. The number of nitrogens with zero attached hydrogens (tertiary/aromatic N) is 2. The minimum atomic E-state index is -3.49. The van der Waals surface area contributed by atoms with Gasteiger partial charge in [-0.3, -0.25) is 4.79 Å². The first-order chi connectivity index (χ1) is 14.3. The summed E-state index contributed by atoms with van der Waals surface area (Å²) in [5.74, 6) is 1.10. The molecule has 1 aliphatic rings. The number of piperidine rings is 1. The predicted octanol–water partition coefficient (Wildman–Crippen LogP) is 3.11. The zero-order valence-corrected chi connectivity index (χ0v) is 18.7. The standard InChI is InChI=1S/C23H30N2O4S/c1-18-15-21(30(27,28)24(2)3)9-10-22(18)29-17-23(26)25-13-11-20(12-14-25)16-19-7-5-4-6-8-19/h4-10,15,20H,11-14,16-17H2,1-3H3. The molecule has 3 rings (SSSR count). The normalized spacial score (nSPS) is 15.4. The van der Waals surface area contributed by atoms with Gasteiger partial charge >= 0.3 is 0 Å². The quantitative estimate of drug-likeness (QED) is 0.677. The van der Waals surface area contributed by atoms with Crippen molar-refractivity contribution in [2.45, 2.75) is 31.1 Å². The third-order valence-corrected chi connectivity index (χ3v) is 7.42. The van der Waals surface area contributed by atoms with Crippen LogP contribution < -0.4 is 4.74 Å². The highest BCUT2D eigenvalue weighted by molar-refractivity contribution is 7.89. The van der Waals surface area contributed by atoms with E-state index < -0.39 is 10.0 Å². The second-order valence-electron chi connectivity index (χ2n) is 8.02. The summed E-state index contributed by atoms with van der Waals surface area (Å²) in [6.07, 6.45) is 3.05. The molecule has 0 N–H and O–H groups in total. The van der Waals surface area contributed by atoms with Crippen LogP contribution in [0.3, 0.4) is 0 Å². The molecule has 0 aliphatic carbocycles. The maximum atomic E-state index is 12.6. The monoisotopic (exact) mass is 430 g/mol. The number of carbonyl (C=O) groups is 1. The van der Waals surface area contributed by atoms with Gasteiger partial charge in [-0.1, -0.05) is 30.3 Å². The lowest BCUT2D eigenvalue weighted by atomic mass is 9.90. The molecule has 2 aromatic rings. The molecule has 0 unspecified atom stereocenters. The summed E-state index contributed by atoms with van der Waals surface area (Å²) < 4.78 is 31.3. The first-order valence-corrected chi connectivity index (χ1v) is 11.7. The van der Waals surface area contributed by atoms with Crippen molar-refractivity contribution >= 4 is 15.9 Å². The molecule has 1 aliphatic heterocycles. The van der Waals surface area contributed by atoms with Crippen molar-refractivity contribution in [1.29, 1.82) is 0 Å². The van der Waals surface area contributed by atoms with Crippen LogP contribution in [-0.2, 0) is 21.2 Å². The zero-order chi connectivity index (χ0) is 21.7. The van der Waals surface area contributed by atoms with Gasteiger partial charge in [0, 0.05) is 27.2 Å². The van der Waals surface area contributed by atoms with Crippen molar-refractivity contribution in [2.24, 2.45) is 5.92 Å². The first kappa shape index (κ1) is 22.3. The highest BCUT2D eigenvalue weighted by atomic mass is 32.2. The molecule has 0 radical (unpaired) electrons. The van der Waals surface area contributed by atoms with Gasteiger partial charge in [0.1, 0.15) is 5.75 Å². The number of sulfonamides is 1. The third kappa shape index (κ3) is 5.40. The van der Waals surface area contributed by atoms with Gasteiger partial charge in [0.05, 0.1) is 4.90 Å². The predicted molar refractivity (Wildman–Crippen MR) is 117 cm³/mol. The van der Waals surface area contributed by atoms with Gasteiger partial charge in [-0.15, -0.1) is 0 Å². The molecule has 1 amide bonds. The summed E-state index contributed by atoms with van der Waals surface area (Å²) in [4.78, 5) is 14.6. The number of hydrogen-bond acceptors (Lipinski definition) is 4. The van der Waals surface area contributed by atoms with E-state index in [0.717, 1.165) is 32.4 Å². The summed E-state index contributed by atoms with van der Waals surface area (Å²) in [6.45, 7) is 3.24. The molecule has 6 nitrogen and oxygen atoms in total. The SMILES string of the molecule is Cc1cc(S(=O)(=O)N(C)C)ccc1OCC(=O)N1CCC(Cc2ccccc2)CC1. The van der Waals surface area contributed by atoms with Crippen LogP contribution in [-0.4, -0.2) is 57.3 Å². The van der Waals surface area contributed by atoms with E-state index in [9.17, 15) is 13.2 Å². The number of amides is 1. The van der Waals surface area contributed by atoms with E-state index >= 15 is 0 Å². The Labute approximate surface area is 179 Å². The molecule has 0 aromatic heterocycles. The van der Waals surface area contributed by atoms with Gasteiger partial charge in [-0.2, -0.15) is 0 Å². The summed E-state index contributed by atoms with van der Waals surface area (Å²) in [7, 11) is -0.496. The van der Waals surface area contributed by atoms with E-state index in [4.69, 9.17) is 4.74 Å². The number of benzene rings is 2. The van der Waals surface area contributed by atoms with Crippen molar-refractivity contribution in [3.8, 4) is 5.75 Å². The molecule has 1 fully saturated rings. The van der Waals surface area contributed by atoms with Crippen LogP contribution in [0.2, 0.25) is 0 Å². The minimum Gasteiger partial charge on any atom is -0.483 e. The fourth-order valence-corrected chi connectivity index (χ4v) is 4.71. The molecule has 0 spiro atoms. The van der Waals surface area contributed by atoms with E-state index in [0.29, 0.717) is 17.2 Å². The second kappa shape index (κ2) is 9.62. The van der Waals surface area contributed by atoms with Crippen molar-refractivity contribution < 1.29 is 17.9 Å². The summed E-state index contributed by atoms with van der Waals surface area (Å²) >= 11 is 0. The van der Waals surface area contributed by atoms with E-state index in [1.165, 1.54) is 30.0 Å². The van der Waals surface area contributed by atoms with Crippen LogP contribution >= 0.6 is 0 Å². The Morgan fingerprint density at radius 1 is 1.10 bits per heavy atom. The Bertz CT molecular complexity index is 966. The summed E-state index contributed by atoms with van der Waals surface area (Å²) in [5.41, 5.74) is 2.04. The van der Waals surface area contributed by atoms with Crippen LogP contribution in [0.15, 0.2) is 53.4 Å². The lowest BCUT2D eigenvalue weighted by molar-refractivity contribution is -0.134. The van der Waals surface area contributed by atoms with E-state index in [1.54, 1.807) is 19.1 Å². The van der Waals surface area contributed by atoms with E-state index in [-0.39, 0.29) is 17.4 Å². The molecule has 0 bridgehead atoms. The fourth-order valence-electron chi connectivity index (χ4n) is 3.72. The summed E-state index contributed by atoms with van der Waals surface area (Å²) in [6, 6.07) is 15.2. The average Bonchev–Trinajstić information content (AvgIpc) is 2.73. The molecular weight excluding hydrogens is 400 g/mol. The molecule has 2 aromatic carbocycles. The van der Waals surface area contributed by atoms with Crippen LogP contribution in [0, 0.1) is 12.8 Å². The number of rotatable bonds is 7. The number of carbonyl (C=O) groups excluding carboxylic acids is 1. The Morgan fingerprint density at radius 2 is 1.77 bits per heavy atom. The number of ether oxygens (including phenoxy) is 1. The molecule has 1 saturated heterocycles. The van der Waals surface area contributed by atoms with Gasteiger partial charge in [0.25, 0.3) is 5.91 Å². The molecule has 162 valence electrons. The molecular formula is C23H30N2O4S. The van der Waals surface area contributed by atoms with Gasteiger partial charge in [-0.25, -0.2) is 12.7 Å². The van der Waals surface area contributed by atoms with Crippen LogP contribution in [0.4, 0.5) is 0 Å². The third-order valence-electron chi connectivity index (χ3n) is 5.61. The Hall–Kier alpha value is -2.38. The van der Waals surface area contributed by atoms with Gasteiger partial charge in [0.15, 0.2) is 6.61 Å². The fraction of sp³-hybridized carbons (Fsp3) is 0.435. The van der Waals surface area contributed by atoms with Crippen LogP contribution in [0.5, 0.6) is 5.75 Å². The molecule has 30 heavy (non-hydrogen) atoms. The number of hydrogen-bond donors (Lipinski definition) is 0. The van der Waals surface area contributed by atoms with Crippen LogP contribution in [0.25, 0.3) is 0 Å². The summed E-state index contributed by atoms with van der Waals surface area (Å²) in [5, 5.41) is 0. The Balaban J connectivity index is 1.50. The maximum Gasteiger partial charge on any atom is 0.260 e. The zero-order valence-electron chi connectivity index (χ0n) is 17.9. The van der Waals surface area contributed by atoms with Gasteiger partial charge in [0.2, 0.25) is 10.0 Å². The Morgan fingerprint density at radius 3 is 2.37 bits per heavy atom. The van der Waals surface area contributed by atoms with Crippen molar-refractivity contribution in [1.82, 2.24) is 9.21 Å². The topological polar surface area (TPSA) is 66.9 Å². The second-order valence-corrected chi connectivity index (χ2v) is 10.2. The molecule has 7 heteroatoms. The Kier molecular flexibility index (Phi) is 7.15. The molecule has 0 atom stereocenters. The largest absolute Gasteiger partial charge is 0.483 e. The van der Waals surface area contributed by atoms with E-state index in [2.05, 4.69) is 24.3 Å². The lowest BCUT2D eigenvalue weighted by Crippen LogP contribution is -2.41. The van der Waals surface area contributed by atoms with Crippen LogP contribution in [0.1, 0.15) is 24.0 Å². The van der Waals surface area contributed by atoms with Crippen molar-refractivity contribution in [3.63, 3.8) is 0 Å². The highest BCUT2D eigenvalue weighted by Gasteiger charge is 2.24. The van der Waals surface area contributed by atoms with E-state index in [1.807, 2.05) is 11.0 Å². The maximum absolute atomic E-state index is 12.6. The number of likely N-dealkylation sites (tertiary alicyclic amines) is 1. The number of aryl methyl sites for hydroxylation is 1. The molecule has 1 heterocycles.